The Labute approximate surface area is 221 Å². The molecule has 0 radical (unpaired) electrons. The average Bonchev–Trinajstić information content (AvgIpc) is 3.42. The first kappa shape index (κ1) is 25.8. The van der Waals surface area contributed by atoms with Crippen LogP contribution in [0.3, 0.4) is 0 Å². The molecule has 0 aliphatic rings. The summed E-state index contributed by atoms with van der Waals surface area (Å²) in [6.45, 7) is 0. The second-order valence-corrected chi connectivity index (χ2v) is 8.99. The Morgan fingerprint density at radius 1 is 0.865 bits per heavy atom. The lowest BCUT2D eigenvalue weighted by Gasteiger charge is -2.11. The molecule has 4 rings (SSSR count). The van der Waals surface area contributed by atoms with Gasteiger partial charge in [0.15, 0.2) is 5.78 Å². The van der Waals surface area contributed by atoms with Gasteiger partial charge in [-0.2, -0.15) is 11.3 Å². The minimum atomic E-state index is -0.528. The van der Waals surface area contributed by atoms with Crippen molar-refractivity contribution in [3.05, 3.63) is 134 Å². The van der Waals surface area contributed by atoms with Crippen molar-refractivity contribution in [1.82, 2.24) is 5.32 Å². The SMILES string of the molecule is O=C(Nc1ccc(C(=O)/C=C/c2c(F)cccc2Cl)cc1)/C(=C/c1ccsc1)NC(=O)c1ccccc1. The number of hydrogen-bond donors (Lipinski definition) is 2. The molecular weight excluding hydrogens is 511 g/mol. The van der Waals surface area contributed by atoms with Crippen LogP contribution in [0.5, 0.6) is 0 Å². The van der Waals surface area contributed by atoms with Gasteiger partial charge in [-0.15, -0.1) is 0 Å². The van der Waals surface area contributed by atoms with E-state index in [9.17, 15) is 18.8 Å². The number of carbonyl (C=O) groups excluding carboxylic acids is 3. The summed E-state index contributed by atoms with van der Waals surface area (Å²) in [5.41, 5.74) is 2.15. The number of allylic oxidation sites excluding steroid dienone is 1. The molecule has 2 amide bonds. The van der Waals surface area contributed by atoms with Gasteiger partial charge >= 0.3 is 0 Å². The number of nitrogens with one attached hydrogen (secondary N) is 2. The van der Waals surface area contributed by atoms with Crippen LogP contribution in [-0.4, -0.2) is 17.6 Å². The van der Waals surface area contributed by atoms with Gasteiger partial charge in [0.05, 0.1) is 5.02 Å². The summed E-state index contributed by atoms with van der Waals surface area (Å²) < 4.78 is 13.9. The highest BCUT2D eigenvalue weighted by atomic mass is 35.5. The molecule has 184 valence electrons. The molecule has 37 heavy (non-hydrogen) atoms. The van der Waals surface area contributed by atoms with E-state index in [-0.39, 0.29) is 22.1 Å². The quantitative estimate of drug-likeness (QED) is 0.193. The predicted octanol–water partition coefficient (Wildman–Crippen LogP) is 6.85. The minimum absolute atomic E-state index is 0.0668. The van der Waals surface area contributed by atoms with E-state index in [1.165, 1.54) is 53.8 Å². The lowest BCUT2D eigenvalue weighted by Crippen LogP contribution is -2.30. The molecule has 5 nitrogen and oxygen atoms in total. The number of hydrogen-bond acceptors (Lipinski definition) is 4. The van der Waals surface area contributed by atoms with Gasteiger partial charge < -0.3 is 10.6 Å². The highest BCUT2D eigenvalue weighted by molar-refractivity contribution is 7.08. The zero-order valence-corrected chi connectivity index (χ0v) is 20.9. The molecule has 0 atom stereocenters. The molecule has 0 saturated carbocycles. The van der Waals surface area contributed by atoms with Crippen LogP contribution in [0.4, 0.5) is 10.1 Å². The molecular formula is C29H20ClFN2O3S. The van der Waals surface area contributed by atoms with E-state index in [2.05, 4.69) is 10.6 Å². The maximum absolute atomic E-state index is 13.9. The molecule has 0 saturated heterocycles. The fourth-order valence-corrected chi connectivity index (χ4v) is 4.15. The molecule has 0 unspecified atom stereocenters. The molecule has 1 aromatic heterocycles. The van der Waals surface area contributed by atoms with Gasteiger partial charge in [0.1, 0.15) is 11.5 Å². The monoisotopic (exact) mass is 530 g/mol. The van der Waals surface area contributed by atoms with Gasteiger partial charge in [-0.3, -0.25) is 14.4 Å². The molecule has 4 aromatic rings. The fraction of sp³-hybridized carbons (Fsp3) is 0. The maximum Gasteiger partial charge on any atom is 0.272 e. The number of halogens is 2. The van der Waals surface area contributed by atoms with Crippen LogP contribution in [-0.2, 0) is 4.79 Å². The molecule has 0 aliphatic carbocycles. The highest BCUT2D eigenvalue weighted by Gasteiger charge is 2.15. The Kier molecular flexibility index (Phi) is 8.40. The zero-order valence-electron chi connectivity index (χ0n) is 19.3. The topological polar surface area (TPSA) is 75.3 Å². The van der Waals surface area contributed by atoms with E-state index in [0.717, 1.165) is 5.56 Å². The van der Waals surface area contributed by atoms with Crippen molar-refractivity contribution >= 4 is 58.4 Å². The zero-order chi connectivity index (χ0) is 26.2. The van der Waals surface area contributed by atoms with E-state index in [1.54, 1.807) is 48.5 Å². The van der Waals surface area contributed by atoms with Gasteiger partial charge in [-0.05, 0) is 89.1 Å². The number of anilines is 1. The summed E-state index contributed by atoms with van der Waals surface area (Å²) in [5, 5.41) is 9.33. The predicted molar refractivity (Wildman–Crippen MR) is 146 cm³/mol. The number of amides is 2. The second-order valence-electron chi connectivity index (χ2n) is 7.80. The van der Waals surface area contributed by atoms with Gasteiger partial charge in [-0.25, -0.2) is 4.39 Å². The number of rotatable bonds is 8. The third kappa shape index (κ3) is 6.88. The van der Waals surface area contributed by atoms with E-state index in [1.807, 2.05) is 16.8 Å². The van der Waals surface area contributed by atoms with Crippen molar-refractivity contribution < 1.29 is 18.8 Å². The van der Waals surface area contributed by atoms with Crippen molar-refractivity contribution in [2.24, 2.45) is 0 Å². The van der Waals surface area contributed by atoms with Crippen LogP contribution in [0.2, 0.25) is 5.02 Å². The third-order valence-electron chi connectivity index (χ3n) is 5.21. The number of thiophene rings is 1. The molecule has 0 aliphatic heterocycles. The summed E-state index contributed by atoms with van der Waals surface area (Å²) in [6.07, 6.45) is 4.15. The first-order valence-corrected chi connectivity index (χ1v) is 12.4. The first-order chi connectivity index (χ1) is 17.9. The summed E-state index contributed by atoms with van der Waals surface area (Å²) in [7, 11) is 0. The Balaban J connectivity index is 1.47. The van der Waals surface area contributed by atoms with Crippen molar-refractivity contribution in [2.75, 3.05) is 5.32 Å². The van der Waals surface area contributed by atoms with Gasteiger partial charge in [0.2, 0.25) is 0 Å². The third-order valence-corrected chi connectivity index (χ3v) is 6.24. The van der Waals surface area contributed by atoms with Crippen LogP contribution >= 0.6 is 22.9 Å². The Morgan fingerprint density at radius 2 is 1.62 bits per heavy atom. The van der Waals surface area contributed by atoms with Gasteiger partial charge in [-0.1, -0.05) is 35.9 Å². The Morgan fingerprint density at radius 3 is 2.30 bits per heavy atom. The van der Waals surface area contributed by atoms with E-state index >= 15 is 0 Å². The van der Waals surface area contributed by atoms with Crippen molar-refractivity contribution in [1.29, 1.82) is 0 Å². The lowest BCUT2D eigenvalue weighted by atomic mass is 10.1. The van der Waals surface area contributed by atoms with Crippen molar-refractivity contribution in [3.63, 3.8) is 0 Å². The average molecular weight is 531 g/mol. The van der Waals surface area contributed by atoms with E-state index in [0.29, 0.717) is 16.8 Å². The smallest absolute Gasteiger partial charge is 0.272 e. The maximum atomic E-state index is 13.9. The molecule has 2 N–H and O–H groups in total. The standard InChI is InChI=1S/C29H20ClFN2O3S/c30-24-7-4-8-25(31)23(24)13-14-27(34)20-9-11-22(12-10-20)32-29(36)26(17-19-15-16-37-18-19)33-28(35)21-5-2-1-3-6-21/h1-18H,(H,32,36)(H,33,35)/b14-13+,26-17-. The molecule has 0 bridgehead atoms. The molecule has 0 fully saturated rings. The highest BCUT2D eigenvalue weighted by Crippen LogP contribution is 2.21. The van der Waals surface area contributed by atoms with Gasteiger partial charge in [0, 0.05) is 22.4 Å². The van der Waals surface area contributed by atoms with Crippen LogP contribution in [0.15, 0.2) is 101 Å². The van der Waals surface area contributed by atoms with Crippen LogP contribution in [0.1, 0.15) is 31.8 Å². The number of carbonyl (C=O) groups is 3. The fourth-order valence-electron chi connectivity index (χ4n) is 3.31. The number of ketones is 1. The minimum Gasteiger partial charge on any atom is -0.321 e. The van der Waals surface area contributed by atoms with E-state index in [4.69, 9.17) is 11.6 Å². The van der Waals surface area contributed by atoms with Crippen molar-refractivity contribution in [2.45, 2.75) is 0 Å². The molecule has 8 heteroatoms. The van der Waals surface area contributed by atoms with Crippen LogP contribution < -0.4 is 10.6 Å². The second kappa shape index (κ2) is 12.1. The molecule has 1 heterocycles. The molecule has 3 aromatic carbocycles. The van der Waals surface area contributed by atoms with Crippen LogP contribution in [0.25, 0.3) is 12.2 Å². The summed E-state index contributed by atoms with van der Waals surface area (Å²) in [4.78, 5) is 38.2. The van der Waals surface area contributed by atoms with Gasteiger partial charge in [0.25, 0.3) is 11.8 Å². The Bertz CT molecular complexity index is 1460. The summed E-state index contributed by atoms with van der Waals surface area (Å²) >= 11 is 7.46. The Hall–Kier alpha value is -4.33. The number of benzene rings is 3. The molecule has 0 spiro atoms. The summed E-state index contributed by atoms with van der Waals surface area (Å²) in [6, 6.07) is 20.9. The van der Waals surface area contributed by atoms with E-state index < -0.39 is 17.6 Å². The van der Waals surface area contributed by atoms with Crippen LogP contribution in [0, 0.1) is 5.82 Å². The lowest BCUT2D eigenvalue weighted by molar-refractivity contribution is -0.113. The van der Waals surface area contributed by atoms with Crippen molar-refractivity contribution in [3.8, 4) is 0 Å². The first-order valence-electron chi connectivity index (χ1n) is 11.1. The largest absolute Gasteiger partial charge is 0.321 e. The summed E-state index contributed by atoms with van der Waals surface area (Å²) in [5.74, 6) is -1.82. The normalized spacial score (nSPS) is 11.4.